The molecule has 0 unspecified atom stereocenters. The summed E-state index contributed by atoms with van der Waals surface area (Å²) in [4.78, 5) is 23.5. The lowest BCUT2D eigenvalue weighted by atomic mass is 10.1. The summed E-state index contributed by atoms with van der Waals surface area (Å²) in [5.41, 5.74) is 1.51. The van der Waals surface area contributed by atoms with Crippen LogP contribution >= 0.6 is 11.6 Å². The first-order valence-electron chi connectivity index (χ1n) is 7.60. The second-order valence-corrected chi connectivity index (χ2v) is 5.65. The number of hydrogen-bond donors (Lipinski definition) is 3. The fourth-order valence-electron chi connectivity index (χ4n) is 2.14. The van der Waals surface area contributed by atoms with Gasteiger partial charge in [-0.1, -0.05) is 60.1 Å². The van der Waals surface area contributed by atoms with Crippen LogP contribution in [0.2, 0.25) is 5.02 Å². The molecule has 0 aromatic heterocycles. The topological polar surface area (TPSA) is 78.4 Å². The zero-order chi connectivity index (χ0) is 17.4. The minimum Gasteiger partial charge on any atom is -0.388 e. The number of hydrogen-bond acceptors (Lipinski definition) is 3. The zero-order valence-electron chi connectivity index (χ0n) is 13.0. The average Bonchev–Trinajstić information content (AvgIpc) is 2.61. The lowest BCUT2D eigenvalue weighted by Gasteiger charge is -2.11. The van der Waals surface area contributed by atoms with E-state index in [0.717, 1.165) is 11.1 Å². The van der Waals surface area contributed by atoms with Crippen LogP contribution in [0.3, 0.4) is 0 Å². The molecule has 0 saturated heterocycles. The molecule has 3 N–H and O–H groups in total. The molecule has 126 valence electrons. The summed E-state index contributed by atoms with van der Waals surface area (Å²) in [6.07, 6.45) is -0.356. The molecule has 0 radical (unpaired) electrons. The van der Waals surface area contributed by atoms with Crippen molar-refractivity contribution in [3.8, 4) is 0 Å². The highest BCUT2D eigenvalue weighted by Crippen LogP contribution is 2.15. The molecular formula is C18H19ClN2O3. The number of halogens is 1. The first-order valence-corrected chi connectivity index (χ1v) is 7.98. The van der Waals surface area contributed by atoms with Gasteiger partial charge in [-0.2, -0.15) is 0 Å². The number of carbonyl (C=O) groups excluding carboxylic acids is 2. The molecule has 0 saturated carbocycles. The summed E-state index contributed by atoms with van der Waals surface area (Å²) in [7, 11) is 0. The molecule has 0 aliphatic rings. The van der Waals surface area contributed by atoms with Crippen molar-refractivity contribution in [2.24, 2.45) is 0 Å². The molecule has 2 aromatic rings. The molecule has 2 rings (SSSR count). The van der Waals surface area contributed by atoms with E-state index in [1.165, 1.54) is 0 Å². The third-order valence-electron chi connectivity index (χ3n) is 3.49. The van der Waals surface area contributed by atoms with E-state index in [9.17, 15) is 14.7 Å². The van der Waals surface area contributed by atoms with Crippen LogP contribution in [0.4, 0.5) is 0 Å². The van der Waals surface area contributed by atoms with Crippen LogP contribution in [0, 0.1) is 0 Å². The Kier molecular flexibility index (Phi) is 6.78. The molecule has 6 heteroatoms. The van der Waals surface area contributed by atoms with Gasteiger partial charge in [0.25, 0.3) is 0 Å². The van der Waals surface area contributed by atoms with Crippen molar-refractivity contribution in [3.63, 3.8) is 0 Å². The average molecular weight is 347 g/mol. The van der Waals surface area contributed by atoms with Gasteiger partial charge in [-0.05, 0) is 23.6 Å². The van der Waals surface area contributed by atoms with Crippen LogP contribution in [-0.2, 0) is 16.1 Å². The quantitative estimate of drug-likeness (QED) is 0.702. The van der Waals surface area contributed by atoms with E-state index in [1.54, 1.807) is 24.3 Å². The van der Waals surface area contributed by atoms with Gasteiger partial charge in [0, 0.05) is 18.1 Å². The largest absolute Gasteiger partial charge is 0.388 e. The van der Waals surface area contributed by atoms with Crippen LogP contribution in [0.15, 0.2) is 54.6 Å². The number of rotatable bonds is 6. The molecule has 0 aliphatic carbocycles. The normalized spacial score (nSPS) is 11.6. The minimum atomic E-state index is -0.734. The fraction of sp³-hybridized carbons (Fsp3) is 0.222. The summed E-state index contributed by atoms with van der Waals surface area (Å²) in [5, 5.41) is 15.5. The molecule has 2 amide bonds. The molecule has 0 spiro atoms. The number of aliphatic hydroxyl groups excluding tert-OH is 1. The highest BCUT2D eigenvalue weighted by atomic mass is 35.5. The van der Waals surface area contributed by atoms with E-state index in [-0.39, 0.29) is 13.1 Å². The molecular weight excluding hydrogens is 328 g/mol. The molecule has 0 fully saturated rings. The van der Waals surface area contributed by atoms with Crippen molar-refractivity contribution in [2.45, 2.75) is 19.1 Å². The molecule has 0 aliphatic heterocycles. The molecule has 0 bridgehead atoms. The van der Waals surface area contributed by atoms with Gasteiger partial charge < -0.3 is 15.7 Å². The van der Waals surface area contributed by atoms with E-state index in [0.29, 0.717) is 11.4 Å². The van der Waals surface area contributed by atoms with E-state index in [2.05, 4.69) is 10.6 Å². The Morgan fingerprint density at radius 2 is 1.58 bits per heavy atom. The molecule has 1 atom stereocenters. The Morgan fingerprint density at radius 1 is 0.958 bits per heavy atom. The zero-order valence-corrected chi connectivity index (χ0v) is 13.8. The minimum absolute atomic E-state index is 0.179. The Hall–Kier alpha value is -2.37. The summed E-state index contributed by atoms with van der Waals surface area (Å²) in [6, 6.07) is 16.2. The molecule has 0 heterocycles. The lowest BCUT2D eigenvalue weighted by Crippen LogP contribution is -2.40. The monoisotopic (exact) mass is 346 g/mol. The summed E-state index contributed by atoms with van der Waals surface area (Å²) >= 11 is 5.98. The highest BCUT2D eigenvalue weighted by Gasteiger charge is 2.14. The van der Waals surface area contributed by atoms with Crippen molar-refractivity contribution in [1.29, 1.82) is 0 Å². The van der Waals surface area contributed by atoms with Crippen LogP contribution in [-0.4, -0.2) is 23.5 Å². The number of nitrogens with one attached hydrogen (secondary N) is 2. The van der Waals surface area contributed by atoms with Gasteiger partial charge >= 0.3 is 11.8 Å². The predicted molar refractivity (Wildman–Crippen MR) is 92.3 cm³/mol. The molecule has 2 aromatic carbocycles. The van der Waals surface area contributed by atoms with Gasteiger partial charge in [0.1, 0.15) is 0 Å². The number of benzene rings is 2. The number of amides is 2. The van der Waals surface area contributed by atoms with Crippen molar-refractivity contribution in [2.75, 3.05) is 6.54 Å². The summed E-state index contributed by atoms with van der Waals surface area (Å²) in [6.45, 7) is 0.382. The maximum atomic E-state index is 11.7. The Morgan fingerprint density at radius 3 is 2.29 bits per heavy atom. The standard InChI is InChI=1S/C18H19ClN2O3/c19-15-9-5-4-8-14(15)12-21-18(24)17(23)20-11-10-16(22)13-6-2-1-3-7-13/h1-9,16,22H,10-12H2,(H,20,23)(H,21,24)/t16-/m1/s1. The van der Waals surface area contributed by atoms with E-state index < -0.39 is 17.9 Å². The van der Waals surface area contributed by atoms with E-state index >= 15 is 0 Å². The highest BCUT2D eigenvalue weighted by molar-refractivity contribution is 6.35. The van der Waals surface area contributed by atoms with Crippen LogP contribution in [0.1, 0.15) is 23.7 Å². The first-order chi connectivity index (χ1) is 11.6. The summed E-state index contributed by atoms with van der Waals surface area (Å²) in [5.74, 6) is -1.47. The third-order valence-corrected chi connectivity index (χ3v) is 3.86. The SMILES string of the molecule is O=C(NCC[C@@H](O)c1ccccc1)C(=O)NCc1ccccc1Cl. The lowest BCUT2D eigenvalue weighted by molar-refractivity contribution is -0.139. The maximum Gasteiger partial charge on any atom is 0.309 e. The third kappa shape index (κ3) is 5.37. The van der Waals surface area contributed by atoms with E-state index in [1.807, 2.05) is 30.3 Å². The van der Waals surface area contributed by atoms with Gasteiger partial charge in [-0.15, -0.1) is 0 Å². The smallest absolute Gasteiger partial charge is 0.309 e. The predicted octanol–water partition coefficient (Wildman–Crippen LogP) is 2.20. The maximum absolute atomic E-state index is 11.7. The molecule has 24 heavy (non-hydrogen) atoms. The first kappa shape index (κ1) is 18.0. The number of aliphatic hydroxyl groups is 1. The fourth-order valence-corrected chi connectivity index (χ4v) is 2.34. The second-order valence-electron chi connectivity index (χ2n) is 5.25. The molecule has 5 nitrogen and oxygen atoms in total. The Labute approximate surface area is 145 Å². The van der Waals surface area contributed by atoms with Crippen molar-refractivity contribution in [3.05, 3.63) is 70.7 Å². The van der Waals surface area contributed by atoms with Crippen molar-refractivity contribution in [1.82, 2.24) is 10.6 Å². The van der Waals surface area contributed by atoms with Crippen LogP contribution < -0.4 is 10.6 Å². The number of carbonyl (C=O) groups is 2. The second kappa shape index (κ2) is 9.05. The van der Waals surface area contributed by atoms with Gasteiger partial charge in [0.15, 0.2) is 0 Å². The van der Waals surface area contributed by atoms with Crippen molar-refractivity contribution >= 4 is 23.4 Å². The van der Waals surface area contributed by atoms with Crippen LogP contribution in [0.25, 0.3) is 0 Å². The Balaban J connectivity index is 1.72. The Bertz CT molecular complexity index is 692. The van der Waals surface area contributed by atoms with Gasteiger partial charge in [0.05, 0.1) is 6.10 Å². The van der Waals surface area contributed by atoms with E-state index in [4.69, 9.17) is 11.6 Å². The van der Waals surface area contributed by atoms with Gasteiger partial charge in [-0.25, -0.2) is 0 Å². The van der Waals surface area contributed by atoms with Gasteiger partial charge in [0.2, 0.25) is 0 Å². The van der Waals surface area contributed by atoms with Gasteiger partial charge in [-0.3, -0.25) is 9.59 Å². The van der Waals surface area contributed by atoms with Crippen molar-refractivity contribution < 1.29 is 14.7 Å². The van der Waals surface area contributed by atoms with Crippen LogP contribution in [0.5, 0.6) is 0 Å². The summed E-state index contributed by atoms with van der Waals surface area (Å²) < 4.78 is 0.